The lowest BCUT2D eigenvalue weighted by molar-refractivity contribution is 0.0532. The highest BCUT2D eigenvalue weighted by Gasteiger charge is 2.09. The van der Waals surface area contributed by atoms with Gasteiger partial charge in [0, 0.05) is 0 Å². The molecule has 0 bridgehead atoms. The number of ether oxygens (including phenoxy) is 1. The number of hydrogen-bond donors (Lipinski definition) is 0. The Morgan fingerprint density at radius 2 is 2.67 bits per heavy atom. The monoisotopic (exact) mass is 181 g/mol. The Morgan fingerprint density at radius 3 is 3.17 bits per heavy atom. The molecule has 4 heteroatoms. The van der Waals surface area contributed by atoms with E-state index in [9.17, 15) is 4.79 Å². The van der Waals surface area contributed by atoms with Gasteiger partial charge in [0.05, 0.1) is 12.8 Å². The SMILES string of the molecule is C#Cc1ncc(C(=O)OCC)s1. The maximum absolute atomic E-state index is 11.1. The number of carbonyl (C=O) groups is 1. The summed E-state index contributed by atoms with van der Waals surface area (Å²) in [6.07, 6.45) is 6.51. The summed E-state index contributed by atoms with van der Waals surface area (Å²) in [5.74, 6) is 1.98. The topological polar surface area (TPSA) is 39.2 Å². The van der Waals surface area contributed by atoms with Crippen LogP contribution in [0.1, 0.15) is 21.6 Å². The van der Waals surface area contributed by atoms with E-state index < -0.39 is 0 Å². The number of hydrogen-bond acceptors (Lipinski definition) is 4. The lowest BCUT2D eigenvalue weighted by Gasteiger charge is -1.95. The molecule has 0 saturated carbocycles. The second kappa shape index (κ2) is 3.88. The van der Waals surface area contributed by atoms with E-state index in [0.717, 1.165) is 11.3 Å². The Kier molecular flexibility index (Phi) is 2.83. The van der Waals surface area contributed by atoms with E-state index in [1.807, 2.05) is 0 Å². The molecule has 1 heterocycles. The van der Waals surface area contributed by atoms with Crippen LogP contribution in [-0.4, -0.2) is 17.6 Å². The first-order chi connectivity index (χ1) is 5.77. The molecule has 0 amide bonds. The molecule has 0 saturated heterocycles. The molecule has 1 rings (SSSR count). The predicted octanol–water partition coefficient (Wildman–Crippen LogP) is 1.30. The minimum atomic E-state index is -0.364. The minimum absolute atomic E-state index is 0.363. The molecule has 0 aromatic carbocycles. The van der Waals surface area contributed by atoms with Crippen molar-refractivity contribution in [2.45, 2.75) is 6.92 Å². The van der Waals surface area contributed by atoms with Gasteiger partial charge in [0.1, 0.15) is 4.88 Å². The van der Waals surface area contributed by atoms with Crippen molar-refractivity contribution < 1.29 is 9.53 Å². The Labute approximate surface area is 74.4 Å². The van der Waals surface area contributed by atoms with Gasteiger partial charge in [-0.2, -0.15) is 0 Å². The van der Waals surface area contributed by atoms with Crippen molar-refractivity contribution >= 4 is 17.3 Å². The molecule has 0 spiro atoms. The lowest BCUT2D eigenvalue weighted by Crippen LogP contribution is -2.01. The van der Waals surface area contributed by atoms with Crippen LogP contribution < -0.4 is 0 Å². The Bertz CT molecular complexity index is 324. The molecule has 0 N–H and O–H groups in total. The normalized spacial score (nSPS) is 9.00. The summed E-state index contributed by atoms with van der Waals surface area (Å²) in [5.41, 5.74) is 0. The number of esters is 1. The van der Waals surface area contributed by atoms with Crippen molar-refractivity contribution in [2.24, 2.45) is 0 Å². The Hall–Kier alpha value is -1.34. The van der Waals surface area contributed by atoms with E-state index >= 15 is 0 Å². The fraction of sp³-hybridized carbons (Fsp3) is 0.250. The van der Waals surface area contributed by atoms with Crippen LogP contribution >= 0.6 is 11.3 Å². The van der Waals surface area contributed by atoms with E-state index in [0.29, 0.717) is 16.5 Å². The molecule has 1 aromatic rings. The first-order valence-electron chi connectivity index (χ1n) is 3.37. The minimum Gasteiger partial charge on any atom is -0.462 e. The van der Waals surface area contributed by atoms with Gasteiger partial charge in [0.2, 0.25) is 0 Å². The van der Waals surface area contributed by atoms with E-state index in [1.165, 1.54) is 6.20 Å². The number of aromatic nitrogens is 1. The van der Waals surface area contributed by atoms with E-state index in [2.05, 4.69) is 10.9 Å². The van der Waals surface area contributed by atoms with Gasteiger partial charge >= 0.3 is 5.97 Å². The fourth-order valence-electron chi connectivity index (χ4n) is 0.637. The van der Waals surface area contributed by atoms with Crippen LogP contribution in [0.2, 0.25) is 0 Å². The summed E-state index contributed by atoms with van der Waals surface area (Å²) in [4.78, 5) is 15.3. The van der Waals surface area contributed by atoms with Crippen molar-refractivity contribution in [2.75, 3.05) is 6.61 Å². The van der Waals surface area contributed by atoms with Crippen molar-refractivity contribution in [1.82, 2.24) is 4.98 Å². The molecule has 12 heavy (non-hydrogen) atoms. The van der Waals surface area contributed by atoms with Gasteiger partial charge in [-0.25, -0.2) is 9.78 Å². The molecule has 62 valence electrons. The van der Waals surface area contributed by atoms with Gasteiger partial charge in [0.25, 0.3) is 0 Å². The van der Waals surface area contributed by atoms with Crippen LogP contribution in [0.3, 0.4) is 0 Å². The molecule has 0 fully saturated rings. The Balaban J connectivity index is 2.76. The van der Waals surface area contributed by atoms with Gasteiger partial charge < -0.3 is 4.74 Å². The van der Waals surface area contributed by atoms with Gasteiger partial charge in [0.15, 0.2) is 5.01 Å². The molecule has 0 radical (unpaired) electrons. The van der Waals surface area contributed by atoms with Crippen LogP contribution in [0.4, 0.5) is 0 Å². The number of carbonyl (C=O) groups excluding carboxylic acids is 1. The molecular weight excluding hydrogens is 174 g/mol. The second-order valence-corrected chi connectivity index (χ2v) is 2.93. The van der Waals surface area contributed by atoms with Crippen molar-refractivity contribution in [3.8, 4) is 12.3 Å². The smallest absolute Gasteiger partial charge is 0.349 e. The lowest BCUT2D eigenvalue weighted by atomic mass is 10.5. The summed E-state index contributed by atoms with van der Waals surface area (Å²) in [6.45, 7) is 2.11. The molecule has 0 unspecified atom stereocenters. The summed E-state index contributed by atoms with van der Waals surface area (Å²) < 4.78 is 4.75. The second-order valence-electron chi connectivity index (χ2n) is 1.89. The summed E-state index contributed by atoms with van der Waals surface area (Å²) >= 11 is 1.16. The maximum atomic E-state index is 11.1. The molecule has 0 atom stereocenters. The molecule has 0 aliphatic rings. The highest BCUT2D eigenvalue weighted by atomic mass is 32.1. The maximum Gasteiger partial charge on any atom is 0.349 e. The van der Waals surface area contributed by atoms with Gasteiger partial charge in [-0.1, -0.05) is 11.3 Å². The largest absolute Gasteiger partial charge is 0.462 e. The standard InChI is InChI=1S/C8H7NO2S/c1-3-7-9-5-6(12-7)8(10)11-4-2/h1,5H,4H2,2H3. The molecular formula is C8H7NO2S. The predicted molar refractivity (Wildman–Crippen MR) is 46.0 cm³/mol. The highest BCUT2D eigenvalue weighted by molar-refractivity contribution is 7.14. The zero-order valence-corrected chi connectivity index (χ0v) is 7.35. The van der Waals surface area contributed by atoms with Crippen molar-refractivity contribution in [3.05, 3.63) is 16.1 Å². The first-order valence-corrected chi connectivity index (χ1v) is 4.19. The molecule has 1 aromatic heterocycles. The van der Waals surface area contributed by atoms with Crippen molar-refractivity contribution in [3.63, 3.8) is 0 Å². The number of terminal acetylenes is 1. The summed E-state index contributed by atoms with van der Waals surface area (Å²) in [5, 5.41) is 0.498. The number of nitrogens with zero attached hydrogens (tertiary/aromatic N) is 1. The first kappa shape index (κ1) is 8.75. The third kappa shape index (κ3) is 1.83. The number of thiazole rings is 1. The average Bonchev–Trinajstić information content (AvgIpc) is 2.52. The van der Waals surface area contributed by atoms with Crippen LogP contribution in [0, 0.1) is 12.3 Å². The zero-order chi connectivity index (χ0) is 8.97. The van der Waals surface area contributed by atoms with E-state index in [4.69, 9.17) is 11.2 Å². The van der Waals surface area contributed by atoms with Gasteiger partial charge in [-0.05, 0) is 12.8 Å². The fourth-order valence-corrected chi connectivity index (χ4v) is 1.26. The third-order valence-electron chi connectivity index (χ3n) is 1.11. The van der Waals surface area contributed by atoms with Crippen LogP contribution in [0.15, 0.2) is 6.20 Å². The number of rotatable bonds is 2. The zero-order valence-electron chi connectivity index (χ0n) is 6.53. The van der Waals surface area contributed by atoms with E-state index in [1.54, 1.807) is 6.92 Å². The average molecular weight is 181 g/mol. The van der Waals surface area contributed by atoms with Gasteiger partial charge in [-0.3, -0.25) is 0 Å². The van der Waals surface area contributed by atoms with Crippen LogP contribution in [0.25, 0.3) is 0 Å². The quantitative estimate of drug-likeness (QED) is 0.510. The van der Waals surface area contributed by atoms with E-state index in [-0.39, 0.29) is 5.97 Å². The molecule has 0 aliphatic heterocycles. The van der Waals surface area contributed by atoms with Crippen LogP contribution in [-0.2, 0) is 4.74 Å². The molecule has 0 aliphatic carbocycles. The Morgan fingerprint density at radius 1 is 1.92 bits per heavy atom. The van der Waals surface area contributed by atoms with Crippen LogP contribution in [0.5, 0.6) is 0 Å². The molecule has 3 nitrogen and oxygen atoms in total. The third-order valence-corrected chi connectivity index (χ3v) is 2.01. The summed E-state index contributed by atoms with van der Waals surface area (Å²) in [6, 6.07) is 0. The van der Waals surface area contributed by atoms with Gasteiger partial charge in [-0.15, -0.1) is 6.42 Å². The summed E-state index contributed by atoms with van der Waals surface area (Å²) in [7, 11) is 0. The van der Waals surface area contributed by atoms with Crippen molar-refractivity contribution in [1.29, 1.82) is 0 Å². The highest BCUT2D eigenvalue weighted by Crippen LogP contribution is 2.12.